The lowest BCUT2D eigenvalue weighted by Gasteiger charge is -2.30. The number of carbonyl (C=O) groups excluding carboxylic acids is 1. The largest absolute Gasteiger partial charge is 0.326 e. The standard InChI is InChI=1S/C19H21BrN2O5S2/c1-28(24,25)17-5-7-18(8-6-17)29(26,27)22-11-9-14(10-12-22)19(23)21-16-4-2-3-15(20)13-16/h2-8,13-14H,9-12H2,1H3,(H,21,23). The van der Waals surface area contributed by atoms with Gasteiger partial charge in [-0.05, 0) is 55.3 Å². The quantitative estimate of drug-likeness (QED) is 0.679. The van der Waals surface area contributed by atoms with Gasteiger partial charge in [-0.25, -0.2) is 16.8 Å². The van der Waals surface area contributed by atoms with Gasteiger partial charge >= 0.3 is 0 Å². The van der Waals surface area contributed by atoms with Crippen LogP contribution in [0.5, 0.6) is 0 Å². The maximum Gasteiger partial charge on any atom is 0.243 e. The first-order valence-corrected chi connectivity index (χ1v) is 13.1. The van der Waals surface area contributed by atoms with Crippen LogP contribution in [0.3, 0.4) is 0 Å². The molecule has 0 radical (unpaired) electrons. The van der Waals surface area contributed by atoms with Gasteiger partial charge in [-0.2, -0.15) is 4.31 Å². The van der Waals surface area contributed by atoms with Gasteiger partial charge in [0.15, 0.2) is 9.84 Å². The zero-order valence-electron chi connectivity index (χ0n) is 15.7. The number of carbonyl (C=O) groups is 1. The normalized spacial score (nSPS) is 16.5. The van der Waals surface area contributed by atoms with Gasteiger partial charge in [0.25, 0.3) is 0 Å². The minimum Gasteiger partial charge on any atom is -0.326 e. The summed E-state index contributed by atoms with van der Waals surface area (Å²) in [6.07, 6.45) is 1.90. The summed E-state index contributed by atoms with van der Waals surface area (Å²) in [5.74, 6) is -0.398. The van der Waals surface area contributed by atoms with E-state index in [-0.39, 0.29) is 34.7 Å². The monoisotopic (exact) mass is 500 g/mol. The average molecular weight is 501 g/mol. The third kappa shape index (κ3) is 5.25. The second-order valence-corrected chi connectivity index (χ2v) is 11.8. The first-order chi connectivity index (χ1) is 13.6. The summed E-state index contributed by atoms with van der Waals surface area (Å²) in [4.78, 5) is 12.6. The van der Waals surface area contributed by atoms with E-state index in [4.69, 9.17) is 0 Å². The summed E-state index contributed by atoms with van der Waals surface area (Å²) >= 11 is 3.36. The van der Waals surface area contributed by atoms with E-state index in [2.05, 4.69) is 21.2 Å². The van der Waals surface area contributed by atoms with E-state index in [1.807, 2.05) is 12.1 Å². The SMILES string of the molecule is CS(=O)(=O)c1ccc(S(=O)(=O)N2CCC(C(=O)Nc3cccc(Br)c3)CC2)cc1. The third-order valence-corrected chi connectivity index (χ3v) is 8.34. The smallest absolute Gasteiger partial charge is 0.243 e. The summed E-state index contributed by atoms with van der Waals surface area (Å²) in [5.41, 5.74) is 0.686. The molecule has 0 saturated carbocycles. The predicted molar refractivity (Wildman–Crippen MR) is 114 cm³/mol. The molecule has 1 aliphatic heterocycles. The molecule has 156 valence electrons. The van der Waals surface area contributed by atoms with Crippen molar-refractivity contribution in [3.8, 4) is 0 Å². The van der Waals surface area contributed by atoms with E-state index in [0.717, 1.165) is 10.7 Å². The molecule has 29 heavy (non-hydrogen) atoms. The fraction of sp³-hybridized carbons (Fsp3) is 0.316. The Labute approximate surface area is 179 Å². The Balaban J connectivity index is 1.64. The van der Waals surface area contributed by atoms with Crippen molar-refractivity contribution in [3.63, 3.8) is 0 Å². The predicted octanol–water partition coefficient (Wildman–Crippen LogP) is 2.89. The zero-order valence-corrected chi connectivity index (χ0v) is 18.9. The van der Waals surface area contributed by atoms with Gasteiger partial charge in [-0.15, -0.1) is 0 Å². The topological polar surface area (TPSA) is 101 Å². The van der Waals surface area contributed by atoms with Crippen molar-refractivity contribution >= 4 is 47.4 Å². The molecule has 0 aromatic heterocycles. The van der Waals surface area contributed by atoms with E-state index in [1.165, 1.54) is 28.6 Å². The molecular formula is C19H21BrN2O5S2. The Bertz CT molecular complexity index is 1110. The fourth-order valence-electron chi connectivity index (χ4n) is 3.18. The number of hydrogen-bond acceptors (Lipinski definition) is 5. The van der Waals surface area contributed by atoms with Crippen LogP contribution < -0.4 is 5.32 Å². The number of rotatable bonds is 5. The molecule has 0 aliphatic carbocycles. The molecule has 1 fully saturated rings. The molecular weight excluding hydrogens is 480 g/mol. The number of nitrogens with zero attached hydrogens (tertiary/aromatic N) is 1. The molecule has 0 spiro atoms. The van der Waals surface area contributed by atoms with Gasteiger partial charge in [-0.1, -0.05) is 22.0 Å². The summed E-state index contributed by atoms with van der Waals surface area (Å²) in [5, 5.41) is 2.86. The van der Waals surface area contributed by atoms with Crippen LogP contribution >= 0.6 is 15.9 Å². The van der Waals surface area contributed by atoms with E-state index in [9.17, 15) is 21.6 Å². The highest BCUT2D eigenvalue weighted by Crippen LogP contribution is 2.26. The maximum absolute atomic E-state index is 12.8. The van der Waals surface area contributed by atoms with E-state index >= 15 is 0 Å². The minimum absolute atomic E-state index is 0.0435. The molecule has 1 N–H and O–H groups in total. The Hall–Kier alpha value is -1.75. The van der Waals surface area contributed by atoms with Gasteiger partial charge in [0.2, 0.25) is 15.9 Å². The van der Waals surface area contributed by atoms with Crippen LogP contribution in [0.25, 0.3) is 0 Å². The van der Waals surface area contributed by atoms with Gasteiger partial charge in [0.1, 0.15) is 0 Å². The highest BCUT2D eigenvalue weighted by Gasteiger charge is 2.32. The summed E-state index contributed by atoms with van der Waals surface area (Å²) < 4.78 is 50.9. The molecule has 2 aromatic rings. The molecule has 1 aliphatic rings. The van der Waals surface area contributed by atoms with Gasteiger partial charge in [-0.3, -0.25) is 4.79 Å². The summed E-state index contributed by atoms with van der Waals surface area (Å²) in [6.45, 7) is 0.458. The average Bonchev–Trinajstić information content (AvgIpc) is 2.67. The number of piperidine rings is 1. The molecule has 0 unspecified atom stereocenters. The van der Waals surface area contributed by atoms with E-state index < -0.39 is 19.9 Å². The minimum atomic E-state index is -3.74. The maximum atomic E-state index is 12.8. The molecule has 1 heterocycles. The Morgan fingerprint density at radius 1 is 1.00 bits per heavy atom. The highest BCUT2D eigenvalue weighted by molar-refractivity contribution is 9.10. The van der Waals surface area contributed by atoms with Crippen LogP contribution in [0.15, 0.2) is 62.8 Å². The third-order valence-electron chi connectivity index (χ3n) is 4.81. The Morgan fingerprint density at radius 3 is 2.14 bits per heavy atom. The lowest BCUT2D eigenvalue weighted by molar-refractivity contribution is -0.120. The molecule has 0 atom stereocenters. The first-order valence-electron chi connectivity index (χ1n) is 8.94. The van der Waals surface area contributed by atoms with E-state index in [0.29, 0.717) is 18.5 Å². The highest BCUT2D eigenvalue weighted by atomic mass is 79.9. The summed E-state index contributed by atoms with van der Waals surface area (Å²) in [6, 6.07) is 12.5. The number of benzene rings is 2. The fourth-order valence-corrected chi connectivity index (χ4v) is 5.68. The van der Waals surface area contributed by atoms with Crippen molar-refractivity contribution in [1.29, 1.82) is 0 Å². The molecule has 2 aromatic carbocycles. The van der Waals surface area contributed by atoms with Crippen LogP contribution in [-0.4, -0.2) is 46.4 Å². The van der Waals surface area contributed by atoms with Crippen molar-refractivity contribution in [2.45, 2.75) is 22.6 Å². The first kappa shape index (κ1) is 21.9. The number of amides is 1. The van der Waals surface area contributed by atoms with Crippen molar-refractivity contribution in [2.24, 2.45) is 5.92 Å². The van der Waals surface area contributed by atoms with E-state index in [1.54, 1.807) is 12.1 Å². The number of sulfone groups is 1. The van der Waals surface area contributed by atoms with Gasteiger partial charge in [0.05, 0.1) is 9.79 Å². The summed E-state index contributed by atoms with van der Waals surface area (Å²) in [7, 11) is -7.13. The van der Waals surface area contributed by atoms with Crippen molar-refractivity contribution in [2.75, 3.05) is 24.7 Å². The lowest BCUT2D eigenvalue weighted by Crippen LogP contribution is -2.41. The zero-order chi connectivity index (χ0) is 21.2. The van der Waals surface area contributed by atoms with Gasteiger partial charge in [0, 0.05) is 35.4 Å². The van der Waals surface area contributed by atoms with Crippen molar-refractivity contribution < 1.29 is 21.6 Å². The lowest BCUT2D eigenvalue weighted by atomic mass is 9.97. The van der Waals surface area contributed by atoms with Crippen molar-refractivity contribution in [1.82, 2.24) is 4.31 Å². The van der Waals surface area contributed by atoms with Gasteiger partial charge < -0.3 is 5.32 Å². The molecule has 7 nitrogen and oxygen atoms in total. The second-order valence-electron chi connectivity index (χ2n) is 6.92. The number of halogens is 1. The van der Waals surface area contributed by atoms with Crippen LogP contribution in [0.2, 0.25) is 0 Å². The van der Waals surface area contributed by atoms with Crippen LogP contribution in [0, 0.1) is 5.92 Å². The second kappa shape index (κ2) is 8.55. The number of hydrogen-bond donors (Lipinski definition) is 1. The van der Waals surface area contributed by atoms with Crippen molar-refractivity contribution in [3.05, 3.63) is 53.0 Å². The Kier molecular flexibility index (Phi) is 6.47. The molecule has 1 saturated heterocycles. The molecule has 3 rings (SSSR count). The number of anilines is 1. The van der Waals surface area contributed by atoms with Crippen LogP contribution in [0.1, 0.15) is 12.8 Å². The Morgan fingerprint density at radius 2 is 1.59 bits per heavy atom. The number of nitrogens with one attached hydrogen (secondary N) is 1. The number of sulfonamides is 1. The molecule has 10 heteroatoms. The van der Waals surface area contributed by atoms with Crippen LogP contribution in [-0.2, 0) is 24.7 Å². The van der Waals surface area contributed by atoms with Crippen LogP contribution in [0.4, 0.5) is 5.69 Å². The molecule has 1 amide bonds. The molecule has 0 bridgehead atoms.